The third-order valence-corrected chi connectivity index (χ3v) is 5.27. The molecule has 0 unspecified atom stereocenters. The van der Waals surface area contributed by atoms with Gasteiger partial charge in [0, 0.05) is 12.1 Å². The molecule has 0 spiro atoms. The van der Waals surface area contributed by atoms with Crippen molar-refractivity contribution >= 4 is 17.8 Å². The molecule has 2 aliphatic heterocycles. The molecule has 29 heavy (non-hydrogen) atoms. The lowest BCUT2D eigenvalue weighted by Crippen LogP contribution is -2.48. The fourth-order valence-corrected chi connectivity index (χ4v) is 4.09. The summed E-state index contributed by atoms with van der Waals surface area (Å²) in [6.07, 6.45) is 4.11. The Morgan fingerprint density at radius 2 is 2.07 bits per heavy atom. The first-order valence-electron chi connectivity index (χ1n) is 8.88. The molecule has 2 heterocycles. The van der Waals surface area contributed by atoms with Crippen LogP contribution in [0.3, 0.4) is 0 Å². The molecule has 3 rings (SSSR count). The molecule has 1 saturated heterocycles. The van der Waals surface area contributed by atoms with Gasteiger partial charge >= 0.3 is 5.97 Å². The highest BCUT2D eigenvalue weighted by Crippen LogP contribution is 2.53. The Balaban J connectivity index is 2.29. The summed E-state index contributed by atoms with van der Waals surface area (Å²) in [5.41, 5.74) is 9.41. The van der Waals surface area contributed by atoms with E-state index in [0.29, 0.717) is 0 Å². The number of carbonyl (C=O) groups is 3. The molecule has 1 fully saturated rings. The number of rotatable bonds is 5. The Bertz CT molecular complexity index is 983. The highest BCUT2D eigenvalue weighted by molar-refractivity contribution is 5.96. The second-order valence-electron chi connectivity index (χ2n) is 6.77. The van der Waals surface area contributed by atoms with Crippen LogP contribution >= 0.6 is 0 Å². The lowest BCUT2D eigenvalue weighted by Gasteiger charge is -2.32. The Morgan fingerprint density at radius 3 is 2.62 bits per heavy atom. The van der Waals surface area contributed by atoms with Gasteiger partial charge in [-0.15, -0.1) is 0 Å². The number of halogens is 1. The Kier molecular flexibility index (Phi) is 5.12. The zero-order valence-electron chi connectivity index (χ0n) is 15.5. The van der Waals surface area contributed by atoms with E-state index in [-0.39, 0.29) is 17.7 Å². The normalized spacial score (nSPS) is 27.6. The van der Waals surface area contributed by atoms with Gasteiger partial charge in [-0.1, -0.05) is 18.2 Å². The van der Waals surface area contributed by atoms with Crippen molar-refractivity contribution < 1.29 is 23.5 Å². The van der Waals surface area contributed by atoms with Crippen molar-refractivity contribution in [3.8, 4) is 6.07 Å². The summed E-state index contributed by atoms with van der Waals surface area (Å²) in [5.74, 6) is -4.21. The highest BCUT2D eigenvalue weighted by atomic mass is 19.1. The molecular weight excluding hydrogens is 379 g/mol. The number of ether oxygens (including phenoxy) is 1. The smallest absolute Gasteiger partial charge is 0.329 e. The molecule has 150 valence electrons. The lowest BCUT2D eigenvalue weighted by atomic mass is 9.68. The minimum Gasteiger partial charge on any atom is -0.464 e. The van der Waals surface area contributed by atoms with Crippen LogP contribution in [0.5, 0.6) is 0 Å². The number of esters is 1. The van der Waals surface area contributed by atoms with Crippen LogP contribution in [0.15, 0.2) is 48.2 Å². The predicted octanol–water partition coefficient (Wildman–Crippen LogP) is 0.459. The minimum absolute atomic E-state index is 0.0437. The van der Waals surface area contributed by atoms with Crippen LogP contribution < -0.4 is 11.5 Å². The Labute approximate surface area is 166 Å². The van der Waals surface area contributed by atoms with Gasteiger partial charge in [0.05, 0.1) is 24.3 Å². The van der Waals surface area contributed by atoms with Crippen LogP contribution in [0.1, 0.15) is 18.4 Å². The van der Waals surface area contributed by atoms with Crippen molar-refractivity contribution in [1.29, 1.82) is 5.26 Å². The fraction of sp³-hybridized carbons (Fsp3) is 0.300. The maximum Gasteiger partial charge on any atom is 0.329 e. The molecule has 0 aliphatic carbocycles. The molecule has 0 saturated carbocycles. The molecule has 0 radical (unpaired) electrons. The first-order chi connectivity index (χ1) is 13.8. The number of carbonyl (C=O) groups excluding carboxylic acids is 3. The van der Waals surface area contributed by atoms with Gasteiger partial charge in [-0.05, 0) is 30.7 Å². The van der Waals surface area contributed by atoms with E-state index in [1.807, 2.05) is 6.07 Å². The van der Waals surface area contributed by atoms with Gasteiger partial charge in [0.15, 0.2) is 5.41 Å². The molecule has 4 atom stereocenters. The van der Waals surface area contributed by atoms with Gasteiger partial charge in [-0.2, -0.15) is 5.26 Å². The Morgan fingerprint density at radius 1 is 1.34 bits per heavy atom. The van der Waals surface area contributed by atoms with Crippen molar-refractivity contribution in [3.63, 3.8) is 0 Å². The molecule has 1 aromatic rings. The van der Waals surface area contributed by atoms with Gasteiger partial charge in [-0.25, -0.2) is 9.18 Å². The van der Waals surface area contributed by atoms with Crippen molar-refractivity contribution in [2.75, 3.05) is 6.61 Å². The van der Waals surface area contributed by atoms with Gasteiger partial charge < -0.3 is 21.1 Å². The average Bonchev–Trinajstić information content (AvgIpc) is 2.98. The zero-order valence-corrected chi connectivity index (χ0v) is 15.5. The maximum atomic E-state index is 14.0. The van der Waals surface area contributed by atoms with Crippen molar-refractivity contribution in [3.05, 3.63) is 59.6 Å². The minimum atomic E-state index is -1.92. The van der Waals surface area contributed by atoms with Crippen molar-refractivity contribution in [2.45, 2.75) is 24.9 Å². The summed E-state index contributed by atoms with van der Waals surface area (Å²) in [6.45, 7) is 1.65. The number of nitrogens with zero attached hydrogens (tertiary/aromatic N) is 2. The molecule has 8 nitrogen and oxygen atoms in total. The SMILES string of the molecule is CCOC(=O)[C@H]1[C@H](c2cccc(F)c2)[C@](C#N)(C(N)=O)[C@@H]2C=CC(C(N)=O)=CN21. The first kappa shape index (κ1) is 20.1. The van der Waals surface area contributed by atoms with E-state index in [2.05, 4.69) is 0 Å². The highest BCUT2D eigenvalue weighted by Gasteiger charge is 2.65. The number of primary amides is 2. The second-order valence-corrected chi connectivity index (χ2v) is 6.77. The van der Waals surface area contributed by atoms with Crippen LogP contribution in [0.25, 0.3) is 0 Å². The third kappa shape index (κ3) is 3.02. The summed E-state index contributed by atoms with van der Waals surface area (Å²) in [6, 6.07) is 5.06. The number of hydrogen-bond donors (Lipinski definition) is 2. The van der Waals surface area contributed by atoms with Crippen LogP contribution in [-0.2, 0) is 19.1 Å². The van der Waals surface area contributed by atoms with E-state index < -0.39 is 47.0 Å². The zero-order chi connectivity index (χ0) is 21.3. The van der Waals surface area contributed by atoms with E-state index in [1.54, 1.807) is 6.92 Å². The van der Waals surface area contributed by atoms with E-state index in [4.69, 9.17) is 16.2 Å². The average molecular weight is 398 g/mol. The van der Waals surface area contributed by atoms with Crippen LogP contribution in [0, 0.1) is 22.6 Å². The second kappa shape index (κ2) is 7.39. The van der Waals surface area contributed by atoms with Crippen LogP contribution in [-0.4, -0.2) is 41.4 Å². The molecule has 4 N–H and O–H groups in total. The monoisotopic (exact) mass is 398 g/mol. The van der Waals surface area contributed by atoms with E-state index in [9.17, 15) is 24.0 Å². The largest absolute Gasteiger partial charge is 0.464 e. The molecule has 1 aromatic carbocycles. The number of fused-ring (bicyclic) bond motifs is 1. The van der Waals surface area contributed by atoms with E-state index in [1.165, 1.54) is 41.5 Å². The van der Waals surface area contributed by atoms with Crippen molar-refractivity contribution in [2.24, 2.45) is 16.9 Å². The van der Waals surface area contributed by atoms with E-state index >= 15 is 0 Å². The van der Waals surface area contributed by atoms with E-state index in [0.717, 1.165) is 6.07 Å². The summed E-state index contributed by atoms with van der Waals surface area (Å²) in [4.78, 5) is 38.5. The maximum absolute atomic E-state index is 14.0. The number of nitrogens with two attached hydrogens (primary N) is 2. The van der Waals surface area contributed by atoms with Gasteiger partial charge in [0.1, 0.15) is 11.9 Å². The standard InChI is InChI=1S/C20H19FN4O4/c1-2-29-18(27)16-15(11-4-3-5-13(21)8-11)20(10-22,19(24)28)14-7-6-12(17(23)26)9-25(14)16/h3-9,14-16H,2H2,1H3,(H2,23,26)(H2,24,28)/t14-,15-,16+,20+/m0/s1. The lowest BCUT2D eigenvalue weighted by molar-refractivity contribution is -0.148. The van der Waals surface area contributed by atoms with Gasteiger partial charge in [-0.3, -0.25) is 9.59 Å². The summed E-state index contributed by atoms with van der Waals surface area (Å²) < 4.78 is 19.1. The van der Waals surface area contributed by atoms with Crippen LogP contribution in [0.4, 0.5) is 4.39 Å². The number of hydrogen-bond acceptors (Lipinski definition) is 6. The van der Waals surface area contributed by atoms with Crippen molar-refractivity contribution in [1.82, 2.24) is 4.90 Å². The summed E-state index contributed by atoms with van der Waals surface area (Å²) in [5, 5.41) is 10.1. The quantitative estimate of drug-likeness (QED) is 0.691. The number of nitriles is 1. The number of benzene rings is 1. The summed E-state index contributed by atoms with van der Waals surface area (Å²) >= 11 is 0. The molecule has 9 heteroatoms. The fourth-order valence-electron chi connectivity index (χ4n) is 4.09. The molecule has 2 amide bonds. The van der Waals surface area contributed by atoms with Crippen LogP contribution in [0.2, 0.25) is 0 Å². The topological polar surface area (TPSA) is 140 Å². The Hall–Kier alpha value is -3.67. The van der Waals surface area contributed by atoms with Gasteiger partial charge in [0.25, 0.3) is 0 Å². The first-order valence-corrected chi connectivity index (χ1v) is 8.88. The molecule has 0 aromatic heterocycles. The molecular formula is C20H19FN4O4. The number of amides is 2. The molecule has 0 bridgehead atoms. The molecule has 2 aliphatic rings. The predicted molar refractivity (Wildman–Crippen MR) is 98.8 cm³/mol. The summed E-state index contributed by atoms with van der Waals surface area (Å²) in [7, 11) is 0. The third-order valence-electron chi connectivity index (χ3n) is 5.27. The van der Waals surface area contributed by atoms with Gasteiger partial charge in [0.2, 0.25) is 11.8 Å².